The number of benzene rings is 2. The first-order valence-corrected chi connectivity index (χ1v) is 8.29. The molecule has 0 N–H and O–H groups in total. The quantitative estimate of drug-likeness (QED) is 0.532. The minimum atomic E-state index is -0.147. The normalized spacial score (nSPS) is 10.6. The van der Waals surface area contributed by atoms with Crippen molar-refractivity contribution in [2.24, 2.45) is 0 Å². The number of hydrogen-bond acceptors (Lipinski definition) is 3. The minimum Gasteiger partial charge on any atom is -0.269 e. The van der Waals surface area contributed by atoms with Crippen LogP contribution in [0, 0.1) is 0 Å². The Morgan fingerprint density at radius 3 is 2.41 bits per heavy atom. The molecule has 3 rings (SSSR count). The number of rotatable bonds is 3. The predicted molar refractivity (Wildman–Crippen MR) is 92.1 cm³/mol. The van der Waals surface area contributed by atoms with Crippen LogP contribution >= 0.6 is 23.4 Å². The van der Waals surface area contributed by atoms with Gasteiger partial charge in [-0.05, 0) is 18.4 Å². The molecule has 3 aromatic rings. The summed E-state index contributed by atoms with van der Waals surface area (Å²) in [6, 6.07) is 18.5. The maximum absolute atomic E-state index is 12.6. The van der Waals surface area contributed by atoms with Crippen molar-refractivity contribution in [2.75, 3.05) is 6.26 Å². The molecule has 0 amide bonds. The van der Waals surface area contributed by atoms with Crippen molar-refractivity contribution in [1.29, 1.82) is 0 Å². The van der Waals surface area contributed by atoms with Crippen LogP contribution < -0.4 is 5.56 Å². The fourth-order valence-electron chi connectivity index (χ4n) is 2.21. The molecule has 3 nitrogen and oxygen atoms in total. The summed E-state index contributed by atoms with van der Waals surface area (Å²) in [4.78, 5) is 17.2. The Bertz CT molecular complexity index is 862. The third-order valence-electron chi connectivity index (χ3n) is 3.23. The van der Waals surface area contributed by atoms with Crippen LogP contribution in [0.25, 0.3) is 16.9 Å². The molecular formula is C17H13ClN2OS. The fourth-order valence-corrected chi connectivity index (χ4v) is 2.99. The SMILES string of the molecule is CSc1nc(-c2ccccc2)cc(=O)n1-c1ccccc1Cl. The summed E-state index contributed by atoms with van der Waals surface area (Å²) in [6.07, 6.45) is 1.89. The molecule has 1 aromatic heterocycles. The summed E-state index contributed by atoms with van der Waals surface area (Å²) in [5, 5.41) is 1.13. The lowest BCUT2D eigenvalue weighted by Gasteiger charge is -2.13. The zero-order chi connectivity index (χ0) is 15.5. The Morgan fingerprint density at radius 1 is 1.05 bits per heavy atom. The van der Waals surface area contributed by atoms with Crippen molar-refractivity contribution in [3.8, 4) is 16.9 Å². The Balaban J connectivity index is 2.22. The molecule has 0 saturated carbocycles. The Labute approximate surface area is 137 Å². The van der Waals surface area contributed by atoms with E-state index in [2.05, 4.69) is 4.98 Å². The second-order valence-corrected chi connectivity index (χ2v) is 5.80. The third kappa shape index (κ3) is 2.80. The number of halogens is 1. The van der Waals surface area contributed by atoms with Gasteiger partial charge in [0.2, 0.25) is 0 Å². The molecule has 1 heterocycles. The van der Waals surface area contributed by atoms with Gasteiger partial charge in [0, 0.05) is 11.6 Å². The Kier molecular flexibility index (Phi) is 4.32. The molecule has 5 heteroatoms. The van der Waals surface area contributed by atoms with E-state index in [0.29, 0.717) is 21.6 Å². The molecular weight excluding hydrogens is 316 g/mol. The molecule has 0 bridgehead atoms. The van der Waals surface area contributed by atoms with E-state index in [9.17, 15) is 4.79 Å². The van der Waals surface area contributed by atoms with Gasteiger partial charge in [0.25, 0.3) is 5.56 Å². The van der Waals surface area contributed by atoms with Gasteiger partial charge < -0.3 is 0 Å². The molecule has 0 aliphatic rings. The summed E-state index contributed by atoms with van der Waals surface area (Å²) < 4.78 is 1.54. The molecule has 110 valence electrons. The maximum Gasteiger partial charge on any atom is 0.259 e. The summed E-state index contributed by atoms with van der Waals surface area (Å²) in [7, 11) is 0. The van der Waals surface area contributed by atoms with Gasteiger partial charge in [-0.1, -0.05) is 65.8 Å². The second kappa shape index (κ2) is 6.38. The van der Waals surface area contributed by atoms with Crippen molar-refractivity contribution in [3.05, 3.63) is 76.0 Å². The van der Waals surface area contributed by atoms with E-state index in [0.717, 1.165) is 5.56 Å². The number of thioether (sulfide) groups is 1. The third-order valence-corrected chi connectivity index (χ3v) is 4.19. The summed E-state index contributed by atoms with van der Waals surface area (Å²) in [6.45, 7) is 0. The van der Waals surface area contributed by atoms with Gasteiger partial charge in [0.1, 0.15) is 0 Å². The lowest BCUT2D eigenvalue weighted by atomic mass is 10.1. The van der Waals surface area contributed by atoms with Gasteiger partial charge in [-0.15, -0.1) is 0 Å². The van der Waals surface area contributed by atoms with E-state index in [1.165, 1.54) is 11.8 Å². The van der Waals surface area contributed by atoms with Crippen molar-refractivity contribution in [1.82, 2.24) is 9.55 Å². The molecule has 0 atom stereocenters. The number of para-hydroxylation sites is 1. The minimum absolute atomic E-state index is 0.147. The van der Waals surface area contributed by atoms with E-state index < -0.39 is 0 Å². The molecule has 0 saturated heterocycles. The van der Waals surface area contributed by atoms with Crippen molar-refractivity contribution in [3.63, 3.8) is 0 Å². The molecule has 22 heavy (non-hydrogen) atoms. The van der Waals surface area contributed by atoms with Gasteiger partial charge in [-0.25, -0.2) is 4.98 Å². The van der Waals surface area contributed by atoms with Crippen molar-refractivity contribution < 1.29 is 0 Å². The Hall–Kier alpha value is -2.04. The van der Waals surface area contributed by atoms with Crippen LogP contribution in [0.3, 0.4) is 0 Å². The van der Waals surface area contributed by atoms with Crippen LogP contribution in [-0.4, -0.2) is 15.8 Å². The highest BCUT2D eigenvalue weighted by Crippen LogP contribution is 2.24. The van der Waals surface area contributed by atoms with Gasteiger partial charge in [-0.2, -0.15) is 0 Å². The van der Waals surface area contributed by atoms with Crippen LogP contribution in [0.5, 0.6) is 0 Å². The molecule has 0 aliphatic carbocycles. The van der Waals surface area contributed by atoms with Crippen LogP contribution in [0.1, 0.15) is 0 Å². The first-order chi connectivity index (χ1) is 10.7. The first-order valence-electron chi connectivity index (χ1n) is 6.69. The zero-order valence-electron chi connectivity index (χ0n) is 11.9. The highest BCUT2D eigenvalue weighted by atomic mass is 35.5. The summed E-state index contributed by atoms with van der Waals surface area (Å²) in [5.74, 6) is 0. The standard InChI is InChI=1S/C17H13ClN2OS/c1-22-17-19-14(12-7-3-2-4-8-12)11-16(21)20(17)15-10-6-5-9-13(15)18/h2-11H,1H3. The van der Waals surface area contributed by atoms with E-state index in [4.69, 9.17) is 11.6 Å². The van der Waals surface area contributed by atoms with Gasteiger partial charge in [0.15, 0.2) is 5.16 Å². The fraction of sp³-hybridized carbons (Fsp3) is 0.0588. The number of aromatic nitrogens is 2. The van der Waals surface area contributed by atoms with Gasteiger partial charge >= 0.3 is 0 Å². The van der Waals surface area contributed by atoms with Crippen LogP contribution in [0.15, 0.2) is 70.6 Å². The van der Waals surface area contributed by atoms with E-state index >= 15 is 0 Å². The summed E-state index contributed by atoms with van der Waals surface area (Å²) in [5.41, 5.74) is 2.08. The van der Waals surface area contributed by atoms with Crippen LogP contribution in [0.2, 0.25) is 5.02 Å². The van der Waals surface area contributed by atoms with Crippen molar-refractivity contribution >= 4 is 23.4 Å². The van der Waals surface area contributed by atoms with E-state index in [1.54, 1.807) is 16.7 Å². The van der Waals surface area contributed by atoms with E-state index in [-0.39, 0.29) is 5.56 Å². The largest absolute Gasteiger partial charge is 0.269 e. The van der Waals surface area contributed by atoms with Gasteiger partial charge in [-0.3, -0.25) is 9.36 Å². The molecule has 2 aromatic carbocycles. The molecule has 0 aliphatic heterocycles. The van der Waals surface area contributed by atoms with Crippen LogP contribution in [-0.2, 0) is 0 Å². The smallest absolute Gasteiger partial charge is 0.259 e. The molecule has 0 radical (unpaired) electrons. The Morgan fingerprint density at radius 2 is 1.73 bits per heavy atom. The lowest BCUT2D eigenvalue weighted by molar-refractivity contribution is 0.802. The highest BCUT2D eigenvalue weighted by Gasteiger charge is 2.13. The molecule has 0 spiro atoms. The summed E-state index contributed by atoms with van der Waals surface area (Å²) >= 11 is 7.63. The maximum atomic E-state index is 12.6. The number of nitrogens with zero attached hydrogens (tertiary/aromatic N) is 2. The molecule has 0 fully saturated rings. The topological polar surface area (TPSA) is 34.9 Å². The average molecular weight is 329 g/mol. The van der Waals surface area contributed by atoms with Gasteiger partial charge in [0.05, 0.1) is 16.4 Å². The van der Waals surface area contributed by atoms with Crippen molar-refractivity contribution in [2.45, 2.75) is 5.16 Å². The zero-order valence-corrected chi connectivity index (χ0v) is 13.4. The number of hydrogen-bond donors (Lipinski definition) is 0. The molecule has 0 unspecified atom stereocenters. The van der Waals surface area contributed by atoms with Crippen LogP contribution in [0.4, 0.5) is 0 Å². The first kappa shape index (κ1) is 14.9. The monoisotopic (exact) mass is 328 g/mol. The second-order valence-electron chi connectivity index (χ2n) is 4.62. The van der Waals surface area contributed by atoms with E-state index in [1.807, 2.05) is 54.8 Å². The average Bonchev–Trinajstić information content (AvgIpc) is 2.56. The predicted octanol–water partition coefficient (Wildman–Crippen LogP) is 4.27. The highest BCUT2D eigenvalue weighted by molar-refractivity contribution is 7.98. The lowest BCUT2D eigenvalue weighted by Crippen LogP contribution is -2.21.